The smallest absolute Gasteiger partial charge is 0.249 e. The highest BCUT2D eigenvalue weighted by atomic mass is 16.5. The van der Waals surface area contributed by atoms with E-state index in [2.05, 4.69) is 30.2 Å². The Morgan fingerprint density at radius 3 is 2.63 bits per heavy atom. The lowest BCUT2D eigenvalue weighted by molar-refractivity contribution is 0.351. The molecule has 0 aromatic carbocycles. The number of rotatable bonds is 2. The van der Waals surface area contributed by atoms with Crippen molar-refractivity contribution in [2.45, 2.75) is 39.7 Å². The molecule has 7 nitrogen and oxygen atoms in total. The standard InChI is InChI=1S/C12H16N6O/c1-7-8(2)15-16-12(13-7)18-6-4-5-10(18)11-14-9(3)17-19-11/h10H,4-6H2,1-3H3. The van der Waals surface area contributed by atoms with E-state index in [9.17, 15) is 0 Å². The van der Waals surface area contributed by atoms with E-state index in [1.165, 1.54) is 0 Å². The van der Waals surface area contributed by atoms with Crippen LogP contribution < -0.4 is 4.90 Å². The largest absolute Gasteiger partial charge is 0.337 e. The second kappa shape index (κ2) is 4.56. The van der Waals surface area contributed by atoms with Gasteiger partial charge in [-0.2, -0.15) is 10.1 Å². The van der Waals surface area contributed by atoms with Crippen LogP contribution in [-0.2, 0) is 0 Å². The second-order valence-corrected chi connectivity index (χ2v) is 4.81. The molecule has 3 heterocycles. The third kappa shape index (κ3) is 2.16. The number of aryl methyl sites for hydroxylation is 3. The van der Waals surface area contributed by atoms with Crippen molar-refractivity contribution in [1.82, 2.24) is 25.3 Å². The van der Waals surface area contributed by atoms with Gasteiger partial charge in [-0.15, -0.1) is 5.10 Å². The first-order valence-corrected chi connectivity index (χ1v) is 6.40. The third-order valence-corrected chi connectivity index (χ3v) is 3.42. The van der Waals surface area contributed by atoms with Gasteiger partial charge >= 0.3 is 0 Å². The third-order valence-electron chi connectivity index (χ3n) is 3.42. The summed E-state index contributed by atoms with van der Waals surface area (Å²) in [6.45, 7) is 6.55. The summed E-state index contributed by atoms with van der Waals surface area (Å²) in [5.41, 5.74) is 1.76. The molecule has 3 rings (SSSR count). The van der Waals surface area contributed by atoms with Crippen LogP contribution in [0.2, 0.25) is 0 Å². The summed E-state index contributed by atoms with van der Waals surface area (Å²) in [5, 5.41) is 12.2. The molecule has 1 atom stereocenters. The summed E-state index contributed by atoms with van der Waals surface area (Å²) >= 11 is 0. The van der Waals surface area contributed by atoms with E-state index >= 15 is 0 Å². The second-order valence-electron chi connectivity index (χ2n) is 4.81. The molecule has 100 valence electrons. The highest BCUT2D eigenvalue weighted by Gasteiger charge is 2.32. The average molecular weight is 260 g/mol. The highest BCUT2D eigenvalue weighted by Crippen LogP contribution is 2.33. The van der Waals surface area contributed by atoms with Crippen LogP contribution in [0.15, 0.2) is 4.52 Å². The van der Waals surface area contributed by atoms with E-state index < -0.39 is 0 Å². The van der Waals surface area contributed by atoms with Gasteiger partial charge in [0.05, 0.1) is 11.4 Å². The fourth-order valence-corrected chi connectivity index (χ4v) is 2.28. The molecule has 0 amide bonds. The maximum atomic E-state index is 5.28. The van der Waals surface area contributed by atoms with Gasteiger partial charge in [-0.05, 0) is 33.6 Å². The SMILES string of the molecule is Cc1noc(C2CCCN2c2nnc(C)c(C)n2)n1. The Morgan fingerprint density at radius 2 is 1.95 bits per heavy atom. The minimum atomic E-state index is 0.0603. The zero-order chi connectivity index (χ0) is 13.4. The van der Waals surface area contributed by atoms with Gasteiger partial charge in [0.1, 0.15) is 6.04 Å². The predicted octanol–water partition coefficient (Wildman–Crippen LogP) is 1.52. The van der Waals surface area contributed by atoms with Crippen LogP contribution in [0.5, 0.6) is 0 Å². The van der Waals surface area contributed by atoms with E-state index in [-0.39, 0.29) is 6.04 Å². The zero-order valence-electron chi connectivity index (χ0n) is 11.3. The van der Waals surface area contributed by atoms with Crippen LogP contribution in [0, 0.1) is 20.8 Å². The topological polar surface area (TPSA) is 80.8 Å². The molecular weight excluding hydrogens is 244 g/mol. The molecule has 0 bridgehead atoms. The van der Waals surface area contributed by atoms with Crippen molar-refractivity contribution < 1.29 is 4.52 Å². The van der Waals surface area contributed by atoms with Crippen molar-refractivity contribution in [3.05, 3.63) is 23.1 Å². The van der Waals surface area contributed by atoms with Crippen molar-refractivity contribution in [1.29, 1.82) is 0 Å². The Morgan fingerprint density at radius 1 is 1.11 bits per heavy atom. The van der Waals surface area contributed by atoms with Crippen LogP contribution in [-0.4, -0.2) is 31.9 Å². The van der Waals surface area contributed by atoms with Gasteiger partial charge in [0, 0.05) is 6.54 Å². The first kappa shape index (κ1) is 12.0. The first-order chi connectivity index (χ1) is 9.15. The van der Waals surface area contributed by atoms with Crippen molar-refractivity contribution in [2.24, 2.45) is 0 Å². The Kier molecular flexibility index (Phi) is 2.88. The molecule has 1 aliphatic heterocycles. The van der Waals surface area contributed by atoms with E-state index in [0.29, 0.717) is 17.7 Å². The van der Waals surface area contributed by atoms with Crippen LogP contribution in [0.1, 0.15) is 42.0 Å². The quantitative estimate of drug-likeness (QED) is 0.809. The van der Waals surface area contributed by atoms with Gasteiger partial charge in [0.25, 0.3) is 0 Å². The number of hydrogen-bond acceptors (Lipinski definition) is 7. The van der Waals surface area contributed by atoms with Gasteiger partial charge in [0.2, 0.25) is 11.8 Å². The fourth-order valence-electron chi connectivity index (χ4n) is 2.28. The van der Waals surface area contributed by atoms with Crippen LogP contribution in [0.3, 0.4) is 0 Å². The number of anilines is 1. The molecule has 2 aromatic rings. The van der Waals surface area contributed by atoms with Gasteiger partial charge in [-0.1, -0.05) is 5.16 Å². The lowest BCUT2D eigenvalue weighted by Crippen LogP contribution is -2.25. The van der Waals surface area contributed by atoms with Crippen molar-refractivity contribution in [2.75, 3.05) is 11.4 Å². The van der Waals surface area contributed by atoms with Crippen LogP contribution in [0.25, 0.3) is 0 Å². The molecular formula is C12H16N6O. The molecule has 19 heavy (non-hydrogen) atoms. The Bertz CT molecular complexity index is 596. The summed E-state index contributed by atoms with van der Waals surface area (Å²) in [5.74, 6) is 1.93. The molecule has 1 saturated heterocycles. The number of hydrogen-bond donors (Lipinski definition) is 0. The molecule has 7 heteroatoms. The summed E-state index contributed by atoms with van der Waals surface area (Å²) in [7, 11) is 0. The Balaban J connectivity index is 1.92. The van der Waals surface area contributed by atoms with Gasteiger partial charge in [-0.3, -0.25) is 0 Å². The maximum Gasteiger partial charge on any atom is 0.249 e. The Labute approximate surface area is 111 Å². The summed E-state index contributed by atoms with van der Waals surface area (Å²) in [6, 6.07) is 0.0603. The van der Waals surface area contributed by atoms with E-state index in [1.807, 2.05) is 20.8 Å². The highest BCUT2D eigenvalue weighted by molar-refractivity contribution is 5.34. The molecule has 1 unspecified atom stereocenters. The maximum absolute atomic E-state index is 5.28. The predicted molar refractivity (Wildman–Crippen MR) is 67.7 cm³/mol. The van der Waals surface area contributed by atoms with Gasteiger partial charge < -0.3 is 9.42 Å². The monoisotopic (exact) mass is 260 g/mol. The zero-order valence-corrected chi connectivity index (χ0v) is 11.3. The summed E-state index contributed by atoms with van der Waals surface area (Å²) in [4.78, 5) is 10.9. The molecule has 1 fully saturated rings. The molecule has 0 radical (unpaired) electrons. The molecule has 0 N–H and O–H groups in total. The van der Waals surface area contributed by atoms with Crippen LogP contribution >= 0.6 is 0 Å². The van der Waals surface area contributed by atoms with Gasteiger partial charge in [0.15, 0.2) is 5.82 Å². The summed E-state index contributed by atoms with van der Waals surface area (Å²) in [6.07, 6.45) is 2.03. The minimum Gasteiger partial charge on any atom is -0.337 e. The molecule has 2 aromatic heterocycles. The Hall–Kier alpha value is -2.05. The van der Waals surface area contributed by atoms with Crippen molar-refractivity contribution in [3.8, 4) is 0 Å². The molecule has 0 aliphatic carbocycles. The number of aromatic nitrogens is 5. The first-order valence-electron chi connectivity index (χ1n) is 6.40. The summed E-state index contributed by atoms with van der Waals surface area (Å²) < 4.78 is 5.28. The van der Waals surface area contributed by atoms with Gasteiger partial charge in [-0.25, -0.2) is 4.98 Å². The van der Waals surface area contributed by atoms with Crippen LogP contribution in [0.4, 0.5) is 5.95 Å². The van der Waals surface area contributed by atoms with Crippen molar-refractivity contribution in [3.63, 3.8) is 0 Å². The average Bonchev–Trinajstić information content (AvgIpc) is 3.00. The fraction of sp³-hybridized carbons (Fsp3) is 0.583. The van der Waals surface area contributed by atoms with E-state index in [4.69, 9.17) is 4.52 Å². The van der Waals surface area contributed by atoms with E-state index in [0.717, 1.165) is 30.8 Å². The minimum absolute atomic E-state index is 0.0603. The number of nitrogens with zero attached hydrogens (tertiary/aromatic N) is 6. The molecule has 0 saturated carbocycles. The molecule has 0 spiro atoms. The lowest BCUT2D eigenvalue weighted by Gasteiger charge is -2.21. The lowest BCUT2D eigenvalue weighted by atomic mass is 10.2. The normalized spacial score (nSPS) is 19.1. The van der Waals surface area contributed by atoms with E-state index in [1.54, 1.807) is 0 Å². The molecule has 1 aliphatic rings. The van der Waals surface area contributed by atoms with Crippen molar-refractivity contribution >= 4 is 5.95 Å².